The summed E-state index contributed by atoms with van der Waals surface area (Å²) in [4.78, 5) is 0. The van der Waals surface area contributed by atoms with Gasteiger partial charge in [-0.1, -0.05) is 12.6 Å². The molecular weight excluding hydrogens is 109 g/mol. The lowest BCUT2D eigenvalue weighted by molar-refractivity contribution is -0.523. The number of pyridine rings is 1. The van der Waals surface area contributed by atoms with Gasteiger partial charge in [-0.3, -0.25) is 0 Å². The molecule has 0 saturated carbocycles. The van der Waals surface area contributed by atoms with Crippen LogP contribution in [0.5, 0.6) is 0 Å². The van der Waals surface area contributed by atoms with Crippen LogP contribution in [0.15, 0.2) is 31.0 Å². The number of hydrogen-bond donors (Lipinski definition) is 0. The number of hydrogen-bond acceptors (Lipinski definition) is 0. The molecule has 0 aliphatic rings. The van der Waals surface area contributed by atoms with Crippen LogP contribution in [0.4, 0.5) is 0 Å². The van der Waals surface area contributed by atoms with Crippen molar-refractivity contribution in [2.45, 2.75) is 0 Å². The molecule has 0 aliphatic carbocycles. The highest BCUT2D eigenvalue weighted by Gasteiger charge is 1.85. The van der Waals surface area contributed by atoms with Gasteiger partial charge in [0.1, 0.15) is 11.9 Å². The Labute approximate surface area is 56.1 Å². The number of aromatic nitrogens is 1. The summed E-state index contributed by atoms with van der Waals surface area (Å²) < 4.78 is 1.52. The number of nitrogens with zero attached hydrogens (tertiary/aromatic N) is 1. The van der Waals surface area contributed by atoms with Gasteiger partial charge in [0.25, 0.3) is 0 Å². The smallest absolute Gasteiger partial charge is 0.144 e. The lowest BCUT2D eigenvalue weighted by Crippen LogP contribution is -2.33. The molecule has 2 heteroatoms. The molecule has 1 rings (SSSR count). The molecule has 0 bridgehead atoms. The summed E-state index contributed by atoms with van der Waals surface area (Å²) in [5.74, 6) is 0. The predicted molar refractivity (Wildman–Crippen MR) is 37.9 cm³/mol. The van der Waals surface area contributed by atoms with E-state index in [1.54, 1.807) is 12.3 Å². The average molecular weight is 116 g/mol. The molecule has 0 saturated heterocycles. The summed E-state index contributed by atoms with van der Waals surface area (Å²) in [6.07, 6.45) is 3.48. The molecule has 0 aliphatic heterocycles. The highest BCUT2D eigenvalue weighted by molar-refractivity contribution is 5.95. The van der Waals surface area contributed by atoms with E-state index in [2.05, 4.69) is 6.58 Å². The standard InChI is InChI=1S/C7H7BN/c1-2-7-5-3-4-6-9(7)8/h2-6H,1H2. The SMILES string of the molecule is [B-][n+]1ccccc1C=C. The fourth-order valence-corrected chi connectivity index (χ4v) is 0.642. The molecule has 0 fully saturated rings. The Morgan fingerprint density at radius 2 is 2.33 bits per heavy atom. The van der Waals surface area contributed by atoms with Crippen LogP contribution in [0.25, 0.3) is 6.08 Å². The Balaban J connectivity index is 3.15. The Morgan fingerprint density at radius 1 is 1.56 bits per heavy atom. The van der Waals surface area contributed by atoms with Crippen LogP contribution >= 0.6 is 0 Å². The first-order valence-corrected chi connectivity index (χ1v) is 2.73. The Hall–Kier alpha value is -1.05. The summed E-state index contributed by atoms with van der Waals surface area (Å²) in [6, 6.07) is 5.68. The van der Waals surface area contributed by atoms with E-state index in [-0.39, 0.29) is 0 Å². The van der Waals surface area contributed by atoms with Crippen molar-refractivity contribution in [2.24, 2.45) is 0 Å². The lowest BCUT2D eigenvalue weighted by atomic mass is 10.2. The second-order valence-corrected chi connectivity index (χ2v) is 1.74. The van der Waals surface area contributed by atoms with Crippen LogP contribution < -0.4 is 4.48 Å². The van der Waals surface area contributed by atoms with Crippen molar-refractivity contribution < 1.29 is 4.48 Å². The summed E-state index contributed by atoms with van der Waals surface area (Å²) in [6.45, 7) is 3.59. The maximum absolute atomic E-state index is 5.48. The molecule has 1 heterocycles. The van der Waals surface area contributed by atoms with Crippen molar-refractivity contribution in [3.05, 3.63) is 36.7 Å². The number of rotatable bonds is 1. The maximum atomic E-state index is 5.48. The Morgan fingerprint density at radius 3 is 2.78 bits per heavy atom. The summed E-state index contributed by atoms with van der Waals surface area (Å²) >= 11 is 0. The molecular formula is C7H7BN. The van der Waals surface area contributed by atoms with Gasteiger partial charge in [-0.05, 0) is 12.1 Å². The topological polar surface area (TPSA) is 3.88 Å². The van der Waals surface area contributed by atoms with Crippen molar-refractivity contribution in [1.82, 2.24) is 0 Å². The van der Waals surface area contributed by atoms with E-state index in [0.717, 1.165) is 5.69 Å². The molecule has 0 aromatic carbocycles. The molecule has 43 valence electrons. The minimum Gasteiger partial charge on any atom is -0.510 e. The minimum absolute atomic E-state index is 0.914. The van der Waals surface area contributed by atoms with Gasteiger partial charge in [-0.15, -0.1) is 7.98 Å². The van der Waals surface area contributed by atoms with E-state index in [0.29, 0.717) is 0 Å². The van der Waals surface area contributed by atoms with E-state index in [4.69, 9.17) is 7.98 Å². The molecule has 0 unspecified atom stereocenters. The normalized spacial score (nSPS) is 9.00. The van der Waals surface area contributed by atoms with Crippen molar-refractivity contribution in [2.75, 3.05) is 0 Å². The largest absolute Gasteiger partial charge is 0.510 e. The van der Waals surface area contributed by atoms with E-state index in [1.165, 1.54) is 4.48 Å². The molecule has 1 nitrogen and oxygen atoms in total. The monoisotopic (exact) mass is 116 g/mol. The molecule has 9 heavy (non-hydrogen) atoms. The molecule has 0 amide bonds. The van der Waals surface area contributed by atoms with Gasteiger partial charge < -0.3 is 4.48 Å². The van der Waals surface area contributed by atoms with Crippen molar-refractivity contribution in [1.29, 1.82) is 0 Å². The van der Waals surface area contributed by atoms with Crippen LogP contribution in [-0.4, -0.2) is 7.98 Å². The molecule has 3 radical (unpaired) electrons. The van der Waals surface area contributed by atoms with Crippen LogP contribution in [0, 0.1) is 0 Å². The second-order valence-electron chi connectivity index (χ2n) is 1.74. The quantitative estimate of drug-likeness (QED) is 0.471. The molecule has 0 N–H and O–H groups in total. The van der Waals surface area contributed by atoms with Gasteiger partial charge in [0, 0.05) is 6.07 Å². The first kappa shape index (κ1) is 6.08. The van der Waals surface area contributed by atoms with E-state index in [9.17, 15) is 0 Å². The predicted octanol–water partition coefficient (Wildman–Crippen LogP) is 0.549. The lowest BCUT2D eigenvalue weighted by Gasteiger charge is -2.03. The fourth-order valence-electron chi connectivity index (χ4n) is 0.642. The fraction of sp³-hybridized carbons (Fsp3) is 0. The van der Waals surface area contributed by atoms with E-state index in [1.807, 2.05) is 18.2 Å². The summed E-state index contributed by atoms with van der Waals surface area (Å²) in [7, 11) is 5.48. The van der Waals surface area contributed by atoms with E-state index >= 15 is 0 Å². The third-order valence-corrected chi connectivity index (χ3v) is 1.13. The average Bonchev–Trinajstić information content (AvgIpc) is 1.89. The van der Waals surface area contributed by atoms with Crippen LogP contribution in [0.1, 0.15) is 5.69 Å². The van der Waals surface area contributed by atoms with Gasteiger partial charge >= 0.3 is 0 Å². The maximum Gasteiger partial charge on any atom is 0.144 e. The third kappa shape index (κ3) is 1.19. The van der Waals surface area contributed by atoms with Crippen LogP contribution in [0.3, 0.4) is 0 Å². The zero-order chi connectivity index (χ0) is 6.69. The molecule has 0 spiro atoms. The van der Waals surface area contributed by atoms with E-state index < -0.39 is 0 Å². The molecule has 1 aromatic rings. The van der Waals surface area contributed by atoms with Gasteiger partial charge in [0.15, 0.2) is 0 Å². The van der Waals surface area contributed by atoms with Crippen molar-refractivity contribution in [3.8, 4) is 0 Å². The zero-order valence-electron chi connectivity index (χ0n) is 5.12. The Bertz CT molecular complexity index is 220. The second kappa shape index (κ2) is 2.49. The first-order chi connectivity index (χ1) is 4.34. The third-order valence-electron chi connectivity index (χ3n) is 1.13. The highest BCUT2D eigenvalue weighted by Crippen LogP contribution is 1.89. The van der Waals surface area contributed by atoms with Gasteiger partial charge in [0.05, 0.1) is 0 Å². The Kier molecular flexibility index (Phi) is 1.68. The first-order valence-electron chi connectivity index (χ1n) is 2.73. The molecule has 0 atom stereocenters. The summed E-state index contributed by atoms with van der Waals surface area (Å²) in [5, 5.41) is 0. The molecule has 1 aromatic heterocycles. The zero-order valence-corrected chi connectivity index (χ0v) is 5.12. The summed E-state index contributed by atoms with van der Waals surface area (Å²) in [5.41, 5.74) is 0.914. The van der Waals surface area contributed by atoms with Gasteiger partial charge in [-0.2, -0.15) is 0 Å². The van der Waals surface area contributed by atoms with Crippen LogP contribution in [0.2, 0.25) is 0 Å². The van der Waals surface area contributed by atoms with Gasteiger partial charge in [-0.25, -0.2) is 0 Å². The van der Waals surface area contributed by atoms with Crippen molar-refractivity contribution in [3.63, 3.8) is 0 Å². The van der Waals surface area contributed by atoms with Crippen LogP contribution in [-0.2, 0) is 0 Å². The highest BCUT2D eigenvalue weighted by atomic mass is 14.8. The van der Waals surface area contributed by atoms with Gasteiger partial charge in [0.2, 0.25) is 0 Å². The minimum atomic E-state index is 0.914. The van der Waals surface area contributed by atoms with Crippen molar-refractivity contribution >= 4 is 14.1 Å².